The molecule has 134 valence electrons. The van der Waals surface area contributed by atoms with E-state index >= 15 is 0 Å². The van der Waals surface area contributed by atoms with Crippen molar-refractivity contribution in [2.75, 3.05) is 5.32 Å². The number of carbonyl (C=O) groups is 1. The molecule has 0 spiro atoms. The smallest absolute Gasteiger partial charge is 0.255 e. The van der Waals surface area contributed by atoms with E-state index in [1.54, 1.807) is 0 Å². The van der Waals surface area contributed by atoms with Gasteiger partial charge in [0.25, 0.3) is 5.91 Å². The van der Waals surface area contributed by atoms with E-state index in [4.69, 9.17) is 12.2 Å². The molecule has 1 amide bonds. The van der Waals surface area contributed by atoms with Gasteiger partial charge in [-0.1, -0.05) is 34.1 Å². The van der Waals surface area contributed by atoms with Crippen molar-refractivity contribution in [2.24, 2.45) is 0 Å². The van der Waals surface area contributed by atoms with Crippen LogP contribution < -0.4 is 16.0 Å². The Kier molecular flexibility index (Phi) is 5.44. The highest BCUT2D eigenvalue weighted by atomic mass is 79.9. The summed E-state index contributed by atoms with van der Waals surface area (Å²) in [5.74, 6) is -0.154. The van der Waals surface area contributed by atoms with Crippen molar-refractivity contribution in [1.29, 1.82) is 0 Å². The van der Waals surface area contributed by atoms with Gasteiger partial charge in [-0.25, -0.2) is 0 Å². The number of benzene rings is 2. The molecular weight excluding hydrogens is 410 g/mol. The highest BCUT2D eigenvalue weighted by Gasteiger charge is 2.30. The Hall–Kier alpha value is -2.18. The van der Waals surface area contributed by atoms with Crippen molar-refractivity contribution in [3.63, 3.8) is 0 Å². The first-order valence-corrected chi connectivity index (χ1v) is 9.47. The van der Waals surface area contributed by atoms with Crippen LogP contribution in [-0.2, 0) is 4.79 Å². The van der Waals surface area contributed by atoms with Crippen LogP contribution in [0.1, 0.15) is 29.7 Å². The lowest BCUT2D eigenvalue weighted by molar-refractivity contribution is -0.113. The number of rotatable bonds is 3. The lowest BCUT2D eigenvalue weighted by atomic mass is 9.95. The third-order valence-corrected chi connectivity index (χ3v) is 5.17. The van der Waals surface area contributed by atoms with Gasteiger partial charge in [-0.2, -0.15) is 0 Å². The molecule has 0 saturated heterocycles. The normalized spacial score (nSPS) is 16.8. The van der Waals surface area contributed by atoms with Crippen LogP contribution in [0.2, 0.25) is 0 Å². The molecule has 1 heterocycles. The monoisotopic (exact) mass is 429 g/mol. The van der Waals surface area contributed by atoms with Crippen LogP contribution in [0.3, 0.4) is 0 Å². The quantitative estimate of drug-likeness (QED) is 0.628. The van der Waals surface area contributed by atoms with E-state index in [9.17, 15) is 4.79 Å². The SMILES string of the molecule is CC1=C(C(=O)Nc2ccc(C)c(C)c2)C(c2cccc(Br)c2)NC(=S)N1. The third-order valence-electron chi connectivity index (χ3n) is 4.46. The second-order valence-corrected chi connectivity index (χ2v) is 7.70. The maximum atomic E-state index is 13.0. The average Bonchev–Trinajstić information content (AvgIpc) is 2.57. The summed E-state index contributed by atoms with van der Waals surface area (Å²) in [4.78, 5) is 13.0. The van der Waals surface area contributed by atoms with Crippen LogP contribution in [0.25, 0.3) is 0 Å². The fourth-order valence-electron chi connectivity index (χ4n) is 2.95. The Bertz CT molecular complexity index is 923. The Balaban J connectivity index is 1.95. The number of allylic oxidation sites excluding steroid dienone is 1. The van der Waals surface area contributed by atoms with Crippen molar-refractivity contribution in [3.8, 4) is 0 Å². The van der Waals surface area contributed by atoms with Gasteiger partial charge in [-0.05, 0) is 73.9 Å². The van der Waals surface area contributed by atoms with Gasteiger partial charge in [0.2, 0.25) is 0 Å². The molecule has 0 radical (unpaired) electrons. The average molecular weight is 430 g/mol. The van der Waals surface area contributed by atoms with E-state index in [2.05, 4.69) is 31.9 Å². The number of hydrogen-bond acceptors (Lipinski definition) is 2. The number of anilines is 1. The molecule has 4 nitrogen and oxygen atoms in total. The molecule has 0 aromatic heterocycles. The highest BCUT2D eigenvalue weighted by molar-refractivity contribution is 9.10. The summed E-state index contributed by atoms with van der Waals surface area (Å²) in [6.45, 7) is 5.95. The van der Waals surface area contributed by atoms with Crippen LogP contribution in [0, 0.1) is 13.8 Å². The predicted molar refractivity (Wildman–Crippen MR) is 113 cm³/mol. The van der Waals surface area contributed by atoms with E-state index in [-0.39, 0.29) is 11.9 Å². The molecule has 2 aromatic rings. The number of amides is 1. The molecule has 26 heavy (non-hydrogen) atoms. The van der Waals surface area contributed by atoms with Crippen molar-refractivity contribution >= 4 is 44.9 Å². The van der Waals surface area contributed by atoms with Crippen LogP contribution >= 0.6 is 28.1 Å². The van der Waals surface area contributed by atoms with Gasteiger partial charge >= 0.3 is 0 Å². The Morgan fingerprint density at radius 2 is 1.88 bits per heavy atom. The summed E-state index contributed by atoms with van der Waals surface area (Å²) in [6.07, 6.45) is 0. The van der Waals surface area contributed by atoms with Gasteiger partial charge in [0.1, 0.15) is 0 Å². The van der Waals surface area contributed by atoms with E-state index in [0.29, 0.717) is 10.7 Å². The lowest BCUT2D eigenvalue weighted by Gasteiger charge is -2.30. The highest BCUT2D eigenvalue weighted by Crippen LogP contribution is 2.29. The molecule has 3 rings (SSSR count). The van der Waals surface area contributed by atoms with Crippen LogP contribution in [0.4, 0.5) is 5.69 Å². The zero-order chi connectivity index (χ0) is 18.8. The summed E-state index contributed by atoms with van der Waals surface area (Å²) in [5.41, 5.74) is 5.44. The van der Waals surface area contributed by atoms with Crippen molar-refractivity contribution in [2.45, 2.75) is 26.8 Å². The summed E-state index contributed by atoms with van der Waals surface area (Å²) in [6, 6.07) is 13.5. The van der Waals surface area contributed by atoms with Crippen molar-refractivity contribution < 1.29 is 4.79 Å². The minimum atomic E-state index is -0.312. The number of hydrogen-bond donors (Lipinski definition) is 3. The van der Waals surface area contributed by atoms with E-state index in [0.717, 1.165) is 27.0 Å². The molecule has 0 saturated carbocycles. The molecule has 1 aliphatic heterocycles. The van der Waals surface area contributed by atoms with Gasteiger partial charge in [0.05, 0.1) is 11.6 Å². The van der Waals surface area contributed by atoms with Crippen LogP contribution in [0.15, 0.2) is 58.2 Å². The standard InChI is InChI=1S/C20H20BrN3OS/c1-11-7-8-16(9-12(11)2)23-19(25)17-13(3)22-20(26)24-18(17)14-5-4-6-15(21)10-14/h4-10,18H,1-3H3,(H,23,25)(H2,22,24,26). The summed E-state index contributed by atoms with van der Waals surface area (Å²) < 4.78 is 0.952. The fraction of sp³-hybridized carbons (Fsp3) is 0.200. The first kappa shape index (κ1) is 18.6. The largest absolute Gasteiger partial charge is 0.351 e. The Morgan fingerprint density at radius 3 is 2.58 bits per heavy atom. The topological polar surface area (TPSA) is 53.2 Å². The van der Waals surface area contributed by atoms with Gasteiger partial charge in [-0.3, -0.25) is 4.79 Å². The van der Waals surface area contributed by atoms with Crippen LogP contribution in [-0.4, -0.2) is 11.0 Å². The number of thiocarbonyl (C=S) groups is 1. The molecule has 0 bridgehead atoms. The minimum Gasteiger partial charge on any atom is -0.351 e. The van der Waals surface area contributed by atoms with Crippen molar-refractivity contribution in [1.82, 2.24) is 10.6 Å². The number of carbonyl (C=O) groups excluding carboxylic acids is 1. The van der Waals surface area contributed by atoms with E-state index in [1.165, 1.54) is 5.56 Å². The first-order valence-electron chi connectivity index (χ1n) is 8.27. The number of halogens is 1. The third kappa shape index (κ3) is 3.97. The molecule has 1 atom stereocenters. The molecule has 2 aromatic carbocycles. The van der Waals surface area contributed by atoms with Gasteiger partial charge < -0.3 is 16.0 Å². The zero-order valence-corrected chi connectivity index (χ0v) is 17.2. The molecule has 0 aliphatic carbocycles. The molecule has 0 fully saturated rings. The first-order chi connectivity index (χ1) is 12.3. The number of nitrogens with one attached hydrogen (secondary N) is 3. The lowest BCUT2D eigenvalue weighted by Crippen LogP contribution is -2.45. The maximum Gasteiger partial charge on any atom is 0.255 e. The molecule has 6 heteroatoms. The Morgan fingerprint density at radius 1 is 1.12 bits per heavy atom. The van der Waals surface area contributed by atoms with Gasteiger partial charge in [0.15, 0.2) is 5.11 Å². The summed E-state index contributed by atoms with van der Waals surface area (Å²) in [5, 5.41) is 9.78. The second-order valence-electron chi connectivity index (χ2n) is 6.38. The van der Waals surface area contributed by atoms with E-state index < -0.39 is 0 Å². The predicted octanol–water partition coefficient (Wildman–Crippen LogP) is 4.50. The van der Waals surface area contributed by atoms with E-state index in [1.807, 2.05) is 63.2 Å². The number of aryl methyl sites for hydroxylation is 2. The molecular formula is C20H20BrN3OS. The minimum absolute atomic E-state index is 0.154. The van der Waals surface area contributed by atoms with Crippen molar-refractivity contribution in [3.05, 3.63) is 74.9 Å². The molecule has 1 aliphatic rings. The van der Waals surface area contributed by atoms with Gasteiger partial charge in [0, 0.05) is 15.9 Å². The summed E-state index contributed by atoms with van der Waals surface area (Å²) >= 11 is 8.79. The van der Waals surface area contributed by atoms with Gasteiger partial charge in [-0.15, -0.1) is 0 Å². The second kappa shape index (κ2) is 7.60. The van der Waals surface area contributed by atoms with Crippen LogP contribution in [0.5, 0.6) is 0 Å². The Labute approximate surface area is 167 Å². The maximum absolute atomic E-state index is 13.0. The fourth-order valence-corrected chi connectivity index (χ4v) is 3.64. The molecule has 3 N–H and O–H groups in total. The summed E-state index contributed by atoms with van der Waals surface area (Å²) in [7, 11) is 0. The molecule has 1 unspecified atom stereocenters. The zero-order valence-electron chi connectivity index (χ0n) is 14.8.